The van der Waals surface area contributed by atoms with E-state index in [1.807, 2.05) is 30.3 Å². The molecule has 18 heavy (non-hydrogen) atoms. The number of allylic oxidation sites excluding steroid dienone is 1. The second kappa shape index (κ2) is 7.42. The van der Waals surface area contributed by atoms with Crippen molar-refractivity contribution in [3.8, 4) is 5.75 Å². The summed E-state index contributed by atoms with van der Waals surface area (Å²) < 4.78 is 17.5. The van der Waals surface area contributed by atoms with Gasteiger partial charge in [-0.15, -0.1) is 0 Å². The van der Waals surface area contributed by atoms with Gasteiger partial charge in [0.1, 0.15) is 0 Å². The van der Waals surface area contributed by atoms with Crippen LogP contribution in [0.3, 0.4) is 0 Å². The maximum absolute atomic E-state index is 12.4. The summed E-state index contributed by atoms with van der Waals surface area (Å²) in [6, 6.07) is 7.35. The third-order valence-corrected chi connectivity index (χ3v) is 4.95. The second-order valence-electron chi connectivity index (χ2n) is 4.33. The van der Waals surface area contributed by atoms with E-state index in [2.05, 4.69) is 13.3 Å². The van der Waals surface area contributed by atoms with Crippen LogP contribution in [0.15, 0.2) is 41.8 Å². The first-order valence-corrected chi connectivity index (χ1v) is 8.09. The zero-order chi connectivity index (χ0) is 13.4. The molecule has 0 saturated carbocycles. The van der Waals surface area contributed by atoms with Gasteiger partial charge in [-0.1, -0.05) is 0 Å². The number of ether oxygens (including phenoxy) is 1. The topological polar surface area (TPSA) is 26.3 Å². The van der Waals surface area contributed by atoms with E-state index in [0.717, 1.165) is 36.3 Å². The fourth-order valence-corrected chi connectivity index (χ4v) is 3.28. The van der Waals surface area contributed by atoms with E-state index in [1.165, 1.54) is 0 Å². The molecule has 0 fully saturated rings. The minimum absolute atomic E-state index is 0.649. The molecule has 98 valence electrons. The van der Waals surface area contributed by atoms with Crippen molar-refractivity contribution in [3.63, 3.8) is 0 Å². The summed E-state index contributed by atoms with van der Waals surface area (Å²) in [5.41, 5.74) is 0. The molecule has 1 aromatic rings. The van der Waals surface area contributed by atoms with Gasteiger partial charge in [0.05, 0.1) is 0 Å². The van der Waals surface area contributed by atoms with Crippen molar-refractivity contribution in [1.29, 1.82) is 0 Å². The summed E-state index contributed by atoms with van der Waals surface area (Å²) in [7, 11) is -0.533. The van der Waals surface area contributed by atoms with Crippen molar-refractivity contribution < 1.29 is 8.95 Å². The van der Waals surface area contributed by atoms with Gasteiger partial charge in [-0.3, -0.25) is 0 Å². The van der Waals surface area contributed by atoms with Gasteiger partial charge in [-0.05, 0) is 0 Å². The quantitative estimate of drug-likeness (QED) is 0.410. The third-order valence-electron chi connectivity index (χ3n) is 2.87. The van der Waals surface area contributed by atoms with E-state index in [-0.39, 0.29) is 0 Å². The maximum atomic E-state index is 12.4. The van der Waals surface area contributed by atoms with Gasteiger partial charge in [0, 0.05) is 0 Å². The normalized spacial score (nSPS) is 13.8. The van der Waals surface area contributed by atoms with Crippen molar-refractivity contribution in [2.24, 2.45) is 0 Å². The molecular formula is C14H21BO2S. The Kier molecular flexibility index (Phi) is 6.20. The Labute approximate surface area is 111 Å². The van der Waals surface area contributed by atoms with Gasteiger partial charge in [0.2, 0.25) is 0 Å². The average molecular weight is 264 g/mol. The molecule has 0 aliphatic rings. The van der Waals surface area contributed by atoms with Crippen LogP contribution in [-0.4, -0.2) is 23.8 Å². The molecule has 0 radical (unpaired) electrons. The number of hydrogen-bond acceptors (Lipinski definition) is 2. The molecule has 1 unspecified atom stereocenters. The van der Waals surface area contributed by atoms with E-state index in [4.69, 9.17) is 4.74 Å². The number of benzene rings is 1. The molecule has 1 atom stereocenters. The van der Waals surface area contributed by atoms with Crippen LogP contribution in [0.4, 0.5) is 0 Å². The molecule has 0 aliphatic heterocycles. The van der Waals surface area contributed by atoms with Crippen molar-refractivity contribution in [2.75, 3.05) is 12.9 Å². The molecule has 0 saturated heterocycles. The molecule has 0 heterocycles. The van der Waals surface area contributed by atoms with Crippen LogP contribution in [0.25, 0.3) is 0 Å². The van der Waals surface area contributed by atoms with Crippen LogP contribution in [-0.2, 0) is 9.36 Å². The van der Waals surface area contributed by atoms with Crippen LogP contribution in [0.1, 0.15) is 25.7 Å². The Bertz CT molecular complexity index is 463. The Morgan fingerprint density at radius 1 is 1.28 bits per heavy atom. The summed E-state index contributed by atoms with van der Waals surface area (Å²) >= 11 is 0. The Hall–Kier alpha value is -1.03. The Balaban J connectivity index is 2.54. The minimum atomic E-state index is -2.15. The summed E-state index contributed by atoms with van der Waals surface area (Å²) in [6.07, 6.45) is 6.09. The third kappa shape index (κ3) is 4.69. The molecule has 0 bridgehead atoms. The first-order valence-electron chi connectivity index (χ1n) is 6.20. The number of hydrogen-bond donors (Lipinski definition) is 0. The van der Waals surface area contributed by atoms with Gasteiger partial charge < -0.3 is 0 Å². The number of rotatable bonds is 8. The number of methoxy groups -OCH3 is 1. The van der Waals surface area contributed by atoms with Gasteiger partial charge in [0.25, 0.3) is 0 Å². The molecule has 0 N–H and O–H groups in total. The van der Waals surface area contributed by atoms with Crippen molar-refractivity contribution >= 4 is 16.1 Å². The second-order valence-corrected chi connectivity index (χ2v) is 6.83. The first-order chi connectivity index (χ1) is 8.60. The molecule has 4 heteroatoms. The van der Waals surface area contributed by atoms with E-state index in [0.29, 0.717) is 5.75 Å². The van der Waals surface area contributed by atoms with Gasteiger partial charge >= 0.3 is 111 Å². The van der Waals surface area contributed by atoms with Crippen LogP contribution in [0.2, 0.25) is 0 Å². The standard InChI is InChI=1S/C14H21BO2S/c1-3-4-5-6-7-12-18(15,16)14-10-8-13(17-2)9-11-14/h3,8-11,15H,1,4-7,12H2,2H3. The molecule has 1 aromatic carbocycles. The zero-order valence-electron chi connectivity index (χ0n) is 11.1. The average Bonchev–Trinajstić information content (AvgIpc) is 2.38. The predicted octanol–water partition coefficient (Wildman–Crippen LogP) is 2.90. The summed E-state index contributed by atoms with van der Waals surface area (Å²) in [5.74, 6) is 1.43. The van der Waals surface area contributed by atoms with E-state index >= 15 is 0 Å². The fraction of sp³-hybridized carbons (Fsp3) is 0.429. The van der Waals surface area contributed by atoms with Crippen LogP contribution < -0.4 is 4.74 Å². The predicted molar refractivity (Wildman–Crippen MR) is 80.1 cm³/mol. The molecule has 0 aliphatic carbocycles. The van der Waals surface area contributed by atoms with E-state index in [1.54, 1.807) is 7.11 Å². The summed E-state index contributed by atoms with van der Waals surface area (Å²) in [6.45, 7) is 7.57. The van der Waals surface area contributed by atoms with Crippen molar-refractivity contribution in [1.82, 2.24) is 0 Å². The van der Waals surface area contributed by atoms with Crippen molar-refractivity contribution in [2.45, 2.75) is 30.6 Å². The zero-order valence-corrected chi connectivity index (χ0v) is 11.9. The van der Waals surface area contributed by atoms with E-state index in [9.17, 15) is 4.21 Å². The molecule has 2 nitrogen and oxygen atoms in total. The molecular weight excluding hydrogens is 243 g/mol. The van der Waals surface area contributed by atoms with Gasteiger partial charge in [-0.25, -0.2) is 0 Å². The van der Waals surface area contributed by atoms with Crippen molar-refractivity contribution in [3.05, 3.63) is 36.9 Å². The van der Waals surface area contributed by atoms with Gasteiger partial charge in [0.15, 0.2) is 0 Å². The Morgan fingerprint density at radius 3 is 2.50 bits per heavy atom. The van der Waals surface area contributed by atoms with Gasteiger partial charge in [-0.2, -0.15) is 0 Å². The summed E-state index contributed by atoms with van der Waals surface area (Å²) in [4.78, 5) is 0.812. The van der Waals surface area contributed by atoms with Crippen LogP contribution >= 0.6 is 0 Å². The summed E-state index contributed by atoms with van der Waals surface area (Å²) in [5, 5.41) is 0. The molecule has 0 spiro atoms. The first kappa shape index (κ1) is 15.0. The van der Waals surface area contributed by atoms with Crippen LogP contribution in [0.5, 0.6) is 5.75 Å². The SMILES string of the molecule is B=S(=O)(CCCCCC=C)c1ccc(OC)cc1. The number of unbranched alkanes of at least 4 members (excludes halogenated alkanes) is 3. The molecule has 0 amide bonds. The molecule has 0 aromatic heterocycles. The molecule has 1 rings (SSSR count). The van der Waals surface area contributed by atoms with E-state index < -0.39 is 9.36 Å². The monoisotopic (exact) mass is 264 g/mol. The van der Waals surface area contributed by atoms with Crippen LogP contribution in [0, 0.1) is 0 Å². The Morgan fingerprint density at radius 2 is 1.94 bits per heavy atom. The fourth-order valence-electron chi connectivity index (χ4n) is 1.74.